The maximum Gasteiger partial charge on any atom is 0.248 e. The van der Waals surface area contributed by atoms with Crippen molar-refractivity contribution in [2.75, 3.05) is 5.32 Å². The van der Waals surface area contributed by atoms with Crippen molar-refractivity contribution in [2.45, 2.75) is 76.2 Å². The van der Waals surface area contributed by atoms with Crippen LogP contribution in [0.25, 0.3) is 10.8 Å². The summed E-state index contributed by atoms with van der Waals surface area (Å²) in [5.74, 6) is 0.498. The lowest BCUT2D eigenvalue weighted by atomic mass is 9.86. The van der Waals surface area contributed by atoms with Crippen molar-refractivity contribution in [3.63, 3.8) is 0 Å². The van der Waals surface area contributed by atoms with Crippen LogP contribution in [0, 0.1) is 5.92 Å². The molecule has 192 valence electrons. The van der Waals surface area contributed by atoms with Crippen LogP contribution in [0.15, 0.2) is 71.6 Å². The van der Waals surface area contributed by atoms with Crippen molar-refractivity contribution in [3.05, 3.63) is 72.3 Å². The molecule has 0 unspecified atom stereocenters. The monoisotopic (exact) mass is 505 g/mol. The molecule has 1 fully saturated rings. The minimum atomic E-state index is -0.379. The fourth-order valence-corrected chi connectivity index (χ4v) is 5.16. The first kappa shape index (κ1) is 27.8. The second kappa shape index (κ2) is 13.5. The molecule has 4 rings (SSSR count). The third kappa shape index (κ3) is 8.99. The largest absolute Gasteiger partial charge is 0.366 e. The lowest BCUT2D eigenvalue weighted by molar-refractivity contribution is -0.116. The van der Waals surface area contributed by atoms with Crippen LogP contribution >= 0.6 is 11.9 Å². The molecule has 1 aliphatic carbocycles. The Kier molecular flexibility index (Phi) is 10.4. The van der Waals surface area contributed by atoms with Gasteiger partial charge >= 0.3 is 0 Å². The van der Waals surface area contributed by atoms with Gasteiger partial charge < -0.3 is 11.1 Å². The van der Waals surface area contributed by atoms with E-state index in [0.29, 0.717) is 12.0 Å². The van der Waals surface area contributed by atoms with E-state index in [-0.39, 0.29) is 17.4 Å². The van der Waals surface area contributed by atoms with Gasteiger partial charge in [0.2, 0.25) is 11.8 Å². The van der Waals surface area contributed by atoms with Crippen LogP contribution in [0.4, 0.5) is 5.69 Å². The van der Waals surface area contributed by atoms with E-state index in [1.807, 2.05) is 18.2 Å². The van der Waals surface area contributed by atoms with E-state index in [9.17, 15) is 9.59 Å². The van der Waals surface area contributed by atoms with Crippen molar-refractivity contribution >= 4 is 40.2 Å². The van der Waals surface area contributed by atoms with Gasteiger partial charge in [0.25, 0.3) is 0 Å². The number of carbonyl (C=O) groups is 2. The molecule has 0 atom stereocenters. The van der Waals surface area contributed by atoms with Gasteiger partial charge in [-0.05, 0) is 74.7 Å². The maximum absolute atomic E-state index is 12.5. The molecule has 4 N–H and O–H groups in total. The zero-order valence-electron chi connectivity index (χ0n) is 21.7. The number of primary amides is 1. The number of hydrogen-bond acceptors (Lipinski definition) is 4. The summed E-state index contributed by atoms with van der Waals surface area (Å²) in [7, 11) is 0. The van der Waals surface area contributed by atoms with Crippen molar-refractivity contribution in [2.24, 2.45) is 11.7 Å². The Labute approximate surface area is 219 Å². The minimum absolute atomic E-state index is 0.0395. The second-order valence-electron chi connectivity index (χ2n) is 10.4. The summed E-state index contributed by atoms with van der Waals surface area (Å²) in [6.45, 7) is 6.47. The Morgan fingerprint density at radius 3 is 2.19 bits per heavy atom. The fraction of sp³-hybridized carbons (Fsp3) is 0.400. The van der Waals surface area contributed by atoms with E-state index in [2.05, 4.69) is 55.1 Å². The molecule has 1 aliphatic rings. The summed E-state index contributed by atoms with van der Waals surface area (Å²) in [5, 5.41) is 5.43. The summed E-state index contributed by atoms with van der Waals surface area (Å²) in [6.07, 6.45) is 8.26. The smallest absolute Gasteiger partial charge is 0.248 e. The Hall–Kier alpha value is -2.83. The molecular formula is C30H39N3O2S. The number of carbonyl (C=O) groups excluding carboxylic acids is 2. The van der Waals surface area contributed by atoms with E-state index < -0.39 is 0 Å². The topological polar surface area (TPSA) is 84.2 Å². The van der Waals surface area contributed by atoms with Crippen molar-refractivity contribution < 1.29 is 9.59 Å². The zero-order valence-corrected chi connectivity index (χ0v) is 22.5. The normalized spacial score (nSPS) is 14.1. The molecule has 2 amide bonds. The van der Waals surface area contributed by atoms with Crippen LogP contribution in [-0.2, 0) is 4.79 Å². The van der Waals surface area contributed by atoms with E-state index in [1.165, 1.54) is 42.4 Å². The number of nitrogens with two attached hydrogens (primary N) is 1. The van der Waals surface area contributed by atoms with Crippen molar-refractivity contribution in [1.29, 1.82) is 0 Å². The van der Waals surface area contributed by atoms with Gasteiger partial charge in [0.1, 0.15) is 0 Å². The highest BCUT2D eigenvalue weighted by molar-refractivity contribution is 7.97. The van der Waals surface area contributed by atoms with E-state index in [0.717, 1.165) is 23.4 Å². The first-order chi connectivity index (χ1) is 17.2. The van der Waals surface area contributed by atoms with Gasteiger partial charge in [-0.25, -0.2) is 0 Å². The molecule has 0 bridgehead atoms. The van der Waals surface area contributed by atoms with Crippen LogP contribution in [0.2, 0.25) is 0 Å². The molecule has 5 nitrogen and oxygen atoms in total. The van der Waals surface area contributed by atoms with Crippen LogP contribution in [-0.4, -0.2) is 17.4 Å². The Morgan fingerprint density at radius 2 is 1.56 bits per heavy atom. The Balaban J connectivity index is 0.000000338. The first-order valence-electron chi connectivity index (χ1n) is 12.8. The molecule has 36 heavy (non-hydrogen) atoms. The number of nitrogens with one attached hydrogen (secondary N) is 2. The summed E-state index contributed by atoms with van der Waals surface area (Å²) < 4.78 is 3.48. The van der Waals surface area contributed by atoms with Crippen LogP contribution in [0.5, 0.6) is 0 Å². The predicted octanol–water partition coefficient (Wildman–Crippen LogP) is 7.32. The summed E-state index contributed by atoms with van der Waals surface area (Å²) in [4.78, 5) is 24.1. The number of hydrogen-bond donors (Lipinski definition) is 3. The van der Waals surface area contributed by atoms with Gasteiger partial charge in [-0.2, -0.15) is 0 Å². The number of anilines is 1. The van der Waals surface area contributed by atoms with Gasteiger partial charge in [-0.15, -0.1) is 0 Å². The average molecular weight is 506 g/mol. The molecule has 0 spiro atoms. The van der Waals surface area contributed by atoms with Gasteiger partial charge in [-0.3, -0.25) is 14.3 Å². The minimum Gasteiger partial charge on any atom is -0.366 e. The van der Waals surface area contributed by atoms with Gasteiger partial charge in [0.05, 0.1) is 0 Å². The Bertz CT molecular complexity index is 1140. The van der Waals surface area contributed by atoms with Crippen LogP contribution in [0.3, 0.4) is 0 Å². The quantitative estimate of drug-likeness (QED) is 0.294. The molecule has 0 aromatic heterocycles. The van der Waals surface area contributed by atoms with Crippen molar-refractivity contribution in [3.8, 4) is 0 Å². The summed E-state index contributed by atoms with van der Waals surface area (Å²) in [5.41, 5.74) is 6.48. The SMILES string of the molecule is CC(C)(C)NSc1cccc2c(NC(=O)CCC3CCCCC3)cccc12.NC(=O)c1ccccc1. The summed E-state index contributed by atoms with van der Waals surface area (Å²) >= 11 is 1.65. The first-order valence-corrected chi connectivity index (χ1v) is 13.6. The molecule has 1 saturated carbocycles. The number of rotatable bonds is 7. The number of amides is 2. The van der Waals surface area contributed by atoms with Crippen LogP contribution in [0.1, 0.15) is 76.1 Å². The second-order valence-corrected chi connectivity index (χ2v) is 11.3. The van der Waals surface area contributed by atoms with Crippen molar-refractivity contribution in [1.82, 2.24) is 4.72 Å². The predicted molar refractivity (Wildman–Crippen MR) is 152 cm³/mol. The highest BCUT2D eigenvalue weighted by atomic mass is 32.2. The van der Waals surface area contributed by atoms with Gasteiger partial charge in [0.15, 0.2) is 0 Å². The third-order valence-corrected chi connectivity index (χ3v) is 7.48. The summed E-state index contributed by atoms with van der Waals surface area (Å²) in [6, 6.07) is 21.2. The standard InChI is InChI=1S/C23H32N2OS.C7H7NO/c1-23(2,3)25-27-21-14-8-11-18-19(21)12-7-13-20(18)24-22(26)16-15-17-9-5-4-6-10-17;8-7(9)6-4-2-1-3-5-6/h7-8,11-14,17,25H,4-6,9-10,15-16H2,1-3H3,(H,24,26);1-5H,(H2,8,9). The van der Waals surface area contributed by atoms with Gasteiger partial charge in [-0.1, -0.05) is 74.6 Å². The number of fused-ring (bicyclic) bond motifs is 1. The molecule has 0 radical (unpaired) electrons. The Morgan fingerprint density at radius 1 is 0.889 bits per heavy atom. The van der Waals surface area contributed by atoms with Gasteiger partial charge in [0, 0.05) is 33.5 Å². The van der Waals surface area contributed by atoms with E-state index in [1.54, 1.807) is 36.2 Å². The average Bonchev–Trinajstić information content (AvgIpc) is 2.87. The lowest BCUT2D eigenvalue weighted by Gasteiger charge is -2.21. The molecule has 0 saturated heterocycles. The molecule has 0 heterocycles. The maximum atomic E-state index is 12.5. The molecule has 3 aromatic carbocycles. The molecule has 0 aliphatic heterocycles. The number of benzene rings is 3. The highest BCUT2D eigenvalue weighted by Gasteiger charge is 2.16. The van der Waals surface area contributed by atoms with Crippen LogP contribution < -0.4 is 15.8 Å². The molecular weight excluding hydrogens is 466 g/mol. The highest BCUT2D eigenvalue weighted by Crippen LogP contribution is 2.32. The zero-order chi connectivity index (χ0) is 26.0. The molecule has 6 heteroatoms. The van der Waals surface area contributed by atoms with E-state index >= 15 is 0 Å². The molecule has 3 aromatic rings. The third-order valence-electron chi connectivity index (χ3n) is 6.19. The van der Waals surface area contributed by atoms with E-state index in [4.69, 9.17) is 5.73 Å². The fourth-order valence-electron chi connectivity index (χ4n) is 4.31. The lowest BCUT2D eigenvalue weighted by Crippen LogP contribution is -2.29.